The van der Waals surface area contributed by atoms with E-state index in [1.807, 2.05) is 46.6 Å². The Morgan fingerprint density at radius 1 is 1.37 bits per heavy atom. The van der Waals surface area contributed by atoms with Crippen LogP contribution in [0, 0.1) is 6.92 Å². The van der Waals surface area contributed by atoms with Crippen molar-refractivity contribution in [3.05, 3.63) is 11.4 Å². The van der Waals surface area contributed by atoms with Gasteiger partial charge in [0.15, 0.2) is 0 Å². The Morgan fingerprint density at radius 3 is 2.37 bits per heavy atom. The number of nitrogens with one attached hydrogen (secondary N) is 1. The van der Waals surface area contributed by atoms with E-state index in [1.165, 1.54) is 0 Å². The Bertz CT molecular complexity index is 445. The topological polar surface area (TPSA) is 87.3 Å². The van der Waals surface area contributed by atoms with Crippen LogP contribution in [0.25, 0.3) is 0 Å². The van der Waals surface area contributed by atoms with E-state index in [4.69, 9.17) is 5.84 Å². The molecule has 0 atom stereocenters. The predicted octanol–water partition coefficient (Wildman–Crippen LogP) is 1.40. The van der Waals surface area contributed by atoms with Crippen LogP contribution in [0.2, 0.25) is 0 Å². The summed E-state index contributed by atoms with van der Waals surface area (Å²) in [6.07, 6.45) is 0. The van der Waals surface area contributed by atoms with Crippen molar-refractivity contribution in [2.75, 3.05) is 24.0 Å². The van der Waals surface area contributed by atoms with E-state index in [0.717, 1.165) is 17.2 Å². The van der Waals surface area contributed by atoms with Gasteiger partial charge in [0.2, 0.25) is 0 Å². The number of nitrogens with zero attached hydrogens (tertiary/aromatic N) is 3. The number of hydrogen-bond donors (Lipinski definition) is 3. The molecule has 19 heavy (non-hydrogen) atoms. The number of anilines is 2. The Labute approximate surface area is 115 Å². The molecule has 0 saturated carbocycles. The minimum absolute atomic E-state index is 0.0370. The molecular formula is C13H25N5O. The first kappa shape index (κ1) is 15.7. The lowest BCUT2D eigenvalue weighted by Crippen LogP contribution is -2.45. The third-order valence-corrected chi connectivity index (χ3v) is 3.40. The molecule has 0 aliphatic heterocycles. The molecule has 108 valence electrons. The first-order valence-electron chi connectivity index (χ1n) is 6.44. The monoisotopic (exact) mass is 267 g/mol. The van der Waals surface area contributed by atoms with Crippen molar-refractivity contribution in [2.24, 2.45) is 5.84 Å². The first-order valence-corrected chi connectivity index (χ1v) is 6.44. The van der Waals surface area contributed by atoms with E-state index < -0.39 is 5.54 Å². The quantitative estimate of drug-likeness (QED) is 0.552. The molecule has 1 heterocycles. The van der Waals surface area contributed by atoms with Gasteiger partial charge < -0.3 is 15.4 Å². The molecule has 0 bridgehead atoms. The number of hydrogen-bond acceptors (Lipinski definition) is 6. The largest absolute Gasteiger partial charge is 0.394 e. The molecule has 0 spiro atoms. The van der Waals surface area contributed by atoms with Crippen LogP contribution in [0.1, 0.15) is 45.0 Å². The van der Waals surface area contributed by atoms with Crippen molar-refractivity contribution in [1.29, 1.82) is 0 Å². The molecule has 0 radical (unpaired) electrons. The second kappa shape index (κ2) is 5.71. The van der Waals surface area contributed by atoms with Gasteiger partial charge >= 0.3 is 0 Å². The van der Waals surface area contributed by atoms with Gasteiger partial charge in [-0.25, -0.2) is 15.8 Å². The van der Waals surface area contributed by atoms with Crippen molar-refractivity contribution in [3.63, 3.8) is 0 Å². The van der Waals surface area contributed by atoms with Crippen LogP contribution in [0.3, 0.4) is 0 Å². The van der Waals surface area contributed by atoms with Crippen molar-refractivity contribution >= 4 is 11.6 Å². The minimum atomic E-state index is -0.404. The van der Waals surface area contributed by atoms with Crippen LogP contribution in [0.5, 0.6) is 0 Å². The molecule has 0 amide bonds. The Balaban J connectivity index is 3.37. The maximum atomic E-state index is 9.50. The Kier molecular flexibility index (Phi) is 4.70. The average molecular weight is 267 g/mol. The summed E-state index contributed by atoms with van der Waals surface area (Å²) in [7, 11) is 1.91. The Morgan fingerprint density at radius 2 is 1.95 bits per heavy atom. The molecule has 0 unspecified atom stereocenters. The fraction of sp³-hybridized carbons (Fsp3) is 0.692. The second-order valence-electron chi connectivity index (χ2n) is 5.71. The fourth-order valence-electron chi connectivity index (χ4n) is 1.64. The molecule has 0 aliphatic carbocycles. The summed E-state index contributed by atoms with van der Waals surface area (Å²) in [6.45, 7) is 9.93. The third kappa shape index (κ3) is 3.13. The van der Waals surface area contributed by atoms with Crippen molar-refractivity contribution in [1.82, 2.24) is 9.97 Å². The first-order chi connectivity index (χ1) is 8.74. The lowest BCUT2D eigenvalue weighted by Gasteiger charge is -2.36. The molecule has 1 rings (SSSR count). The van der Waals surface area contributed by atoms with Gasteiger partial charge in [0, 0.05) is 18.5 Å². The normalized spacial score (nSPS) is 11.8. The molecule has 0 saturated heterocycles. The van der Waals surface area contributed by atoms with Crippen molar-refractivity contribution in [3.8, 4) is 0 Å². The maximum absolute atomic E-state index is 9.50. The third-order valence-electron chi connectivity index (χ3n) is 3.40. The number of nitrogen functional groups attached to an aromatic ring is 1. The molecule has 6 nitrogen and oxygen atoms in total. The summed E-state index contributed by atoms with van der Waals surface area (Å²) in [6, 6.07) is 0. The zero-order valence-corrected chi connectivity index (χ0v) is 12.7. The summed E-state index contributed by atoms with van der Waals surface area (Å²) in [4.78, 5) is 11.0. The molecule has 1 aromatic heterocycles. The van der Waals surface area contributed by atoms with Crippen LogP contribution in [0.15, 0.2) is 0 Å². The van der Waals surface area contributed by atoms with Crippen LogP contribution in [-0.4, -0.2) is 34.3 Å². The van der Waals surface area contributed by atoms with E-state index in [9.17, 15) is 5.11 Å². The van der Waals surface area contributed by atoms with E-state index in [0.29, 0.717) is 5.82 Å². The van der Waals surface area contributed by atoms with Crippen LogP contribution < -0.4 is 16.2 Å². The molecule has 6 heteroatoms. The van der Waals surface area contributed by atoms with Gasteiger partial charge in [-0.2, -0.15) is 0 Å². The smallest absolute Gasteiger partial charge is 0.148 e. The van der Waals surface area contributed by atoms with E-state index >= 15 is 0 Å². The summed E-state index contributed by atoms with van der Waals surface area (Å²) < 4.78 is 0. The maximum Gasteiger partial charge on any atom is 0.148 e. The zero-order chi connectivity index (χ0) is 14.8. The van der Waals surface area contributed by atoms with Gasteiger partial charge in [0.1, 0.15) is 17.5 Å². The SMILES string of the molecule is Cc1c(NN)nc(C(C)C)nc1N(C)C(C)(C)CO. The van der Waals surface area contributed by atoms with Gasteiger partial charge in [0.25, 0.3) is 0 Å². The number of hydrazine groups is 1. The van der Waals surface area contributed by atoms with E-state index in [-0.39, 0.29) is 12.5 Å². The van der Waals surface area contributed by atoms with Crippen molar-refractivity contribution < 1.29 is 5.11 Å². The highest BCUT2D eigenvalue weighted by atomic mass is 16.3. The zero-order valence-electron chi connectivity index (χ0n) is 12.7. The second-order valence-corrected chi connectivity index (χ2v) is 5.71. The average Bonchev–Trinajstić information content (AvgIpc) is 2.37. The van der Waals surface area contributed by atoms with Gasteiger partial charge in [-0.1, -0.05) is 13.8 Å². The summed E-state index contributed by atoms with van der Waals surface area (Å²) in [5, 5.41) is 9.50. The van der Waals surface area contributed by atoms with E-state index in [2.05, 4.69) is 15.4 Å². The van der Waals surface area contributed by atoms with Gasteiger partial charge in [-0.15, -0.1) is 0 Å². The number of aliphatic hydroxyl groups is 1. The lowest BCUT2D eigenvalue weighted by atomic mass is 10.0. The standard InChI is InChI=1S/C13H25N5O/c1-8(2)10-15-11(17-14)9(3)12(16-10)18(6)13(4,5)7-19/h8,19H,7,14H2,1-6H3,(H,15,16,17). The van der Waals surface area contributed by atoms with Gasteiger partial charge in [0.05, 0.1) is 12.1 Å². The number of aromatic nitrogens is 2. The summed E-state index contributed by atoms with van der Waals surface area (Å²) >= 11 is 0. The molecular weight excluding hydrogens is 242 g/mol. The van der Waals surface area contributed by atoms with E-state index in [1.54, 1.807) is 0 Å². The number of likely N-dealkylation sites (N-methyl/N-ethyl adjacent to an activating group) is 1. The number of nitrogens with two attached hydrogens (primary N) is 1. The van der Waals surface area contributed by atoms with Crippen LogP contribution in [-0.2, 0) is 0 Å². The highest BCUT2D eigenvalue weighted by Crippen LogP contribution is 2.28. The highest BCUT2D eigenvalue weighted by molar-refractivity contribution is 5.59. The van der Waals surface area contributed by atoms with Gasteiger partial charge in [-0.05, 0) is 20.8 Å². The van der Waals surface area contributed by atoms with Crippen molar-refractivity contribution in [2.45, 2.75) is 46.1 Å². The number of aliphatic hydroxyl groups excluding tert-OH is 1. The molecule has 1 aromatic rings. The summed E-state index contributed by atoms with van der Waals surface area (Å²) in [5.74, 6) is 7.86. The number of rotatable bonds is 5. The van der Waals surface area contributed by atoms with Gasteiger partial charge in [-0.3, -0.25) is 0 Å². The van der Waals surface area contributed by atoms with Crippen LogP contribution in [0.4, 0.5) is 11.6 Å². The highest BCUT2D eigenvalue weighted by Gasteiger charge is 2.26. The Hall–Kier alpha value is -1.40. The van der Waals surface area contributed by atoms with Crippen LogP contribution >= 0.6 is 0 Å². The summed E-state index contributed by atoms with van der Waals surface area (Å²) in [5.41, 5.74) is 3.08. The molecule has 0 fully saturated rings. The minimum Gasteiger partial charge on any atom is -0.394 e. The predicted molar refractivity (Wildman–Crippen MR) is 78.2 cm³/mol. The molecule has 0 aliphatic rings. The lowest BCUT2D eigenvalue weighted by molar-refractivity contribution is 0.215. The molecule has 4 N–H and O–H groups in total. The molecule has 0 aromatic carbocycles. The fourth-order valence-corrected chi connectivity index (χ4v) is 1.64.